The molecule has 88 valence electrons. The van der Waals surface area contributed by atoms with Crippen LogP contribution in [0.15, 0.2) is 34.8 Å². The summed E-state index contributed by atoms with van der Waals surface area (Å²) >= 11 is 1.24. The zero-order chi connectivity index (χ0) is 12.4. The van der Waals surface area contributed by atoms with Gasteiger partial charge in [-0.15, -0.1) is 11.3 Å². The molecule has 0 aliphatic heterocycles. The molecule has 0 aliphatic rings. The Labute approximate surface area is 99.7 Å². The summed E-state index contributed by atoms with van der Waals surface area (Å²) in [6.45, 7) is 0. The fourth-order valence-electron chi connectivity index (χ4n) is 1.24. The Balaban J connectivity index is 2.46. The highest BCUT2D eigenvalue weighted by molar-refractivity contribution is 7.07. The van der Waals surface area contributed by atoms with E-state index in [-0.39, 0.29) is 5.56 Å². The van der Waals surface area contributed by atoms with Gasteiger partial charge in [0.25, 0.3) is 5.91 Å². The first-order valence-electron chi connectivity index (χ1n) is 4.72. The third-order valence-electron chi connectivity index (χ3n) is 2.12. The van der Waals surface area contributed by atoms with Crippen molar-refractivity contribution in [2.75, 3.05) is 0 Å². The summed E-state index contributed by atoms with van der Waals surface area (Å²) in [5, 5.41) is 1.74. The van der Waals surface area contributed by atoms with Crippen LogP contribution in [0.1, 0.15) is 10.4 Å². The lowest BCUT2D eigenvalue weighted by Gasteiger charge is -1.97. The highest BCUT2D eigenvalue weighted by Gasteiger charge is 2.12. The number of thiazole rings is 1. The summed E-state index contributed by atoms with van der Waals surface area (Å²) in [4.78, 5) is 15.8. The van der Waals surface area contributed by atoms with Crippen LogP contribution in [-0.2, 0) is 7.05 Å². The van der Waals surface area contributed by atoms with E-state index in [1.807, 2.05) is 0 Å². The van der Waals surface area contributed by atoms with Crippen LogP contribution in [0.3, 0.4) is 0 Å². The van der Waals surface area contributed by atoms with Crippen molar-refractivity contribution < 1.29 is 13.6 Å². The zero-order valence-corrected chi connectivity index (χ0v) is 9.67. The maximum atomic E-state index is 13.3. The average Bonchev–Trinajstić information content (AvgIpc) is 2.68. The van der Waals surface area contributed by atoms with Gasteiger partial charge in [-0.25, -0.2) is 8.78 Å². The SMILES string of the molecule is Cn1ccsc1=NC(=O)c1cc(F)ccc1F. The van der Waals surface area contributed by atoms with Crippen LogP contribution in [0.5, 0.6) is 0 Å². The molecule has 2 rings (SSSR count). The predicted molar refractivity (Wildman–Crippen MR) is 59.5 cm³/mol. The molecule has 3 nitrogen and oxygen atoms in total. The van der Waals surface area contributed by atoms with Gasteiger partial charge in [0.15, 0.2) is 4.80 Å². The quantitative estimate of drug-likeness (QED) is 0.767. The van der Waals surface area contributed by atoms with Gasteiger partial charge in [-0.1, -0.05) is 0 Å². The predicted octanol–water partition coefficient (Wildman–Crippen LogP) is 2.11. The molecule has 0 saturated carbocycles. The van der Waals surface area contributed by atoms with Crippen molar-refractivity contribution in [1.82, 2.24) is 4.57 Å². The third kappa shape index (κ3) is 2.47. The van der Waals surface area contributed by atoms with Crippen molar-refractivity contribution in [1.29, 1.82) is 0 Å². The summed E-state index contributed by atoms with van der Waals surface area (Å²) in [6.07, 6.45) is 1.72. The van der Waals surface area contributed by atoms with Crippen molar-refractivity contribution >= 4 is 17.2 Å². The Morgan fingerprint density at radius 2 is 2.18 bits per heavy atom. The minimum atomic E-state index is -0.792. The van der Waals surface area contributed by atoms with E-state index in [0.29, 0.717) is 4.80 Å². The van der Waals surface area contributed by atoms with Crippen LogP contribution >= 0.6 is 11.3 Å². The lowest BCUT2D eigenvalue weighted by Crippen LogP contribution is -2.13. The van der Waals surface area contributed by atoms with Crippen molar-refractivity contribution in [3.63, 3.8) is 0 Å². The first-order valence-corrected chi connectivity index (χ1v) is 5.60. The topological polar surface area (TPSA) is 34.4 Å². The van der Waals surface area contributed by atoms with Gasteiger partial charge in [0.05, 0.1) is 5.56 Å². The molecule has 17 heavy (non-hydrogen) atoms. The second-order valence-electron chi connectivity index (χ2n) is 3.34. The number of hydrogen-bond donors (Lipinski definition) is 0. The number of carbonyl (C=O) groups excluding carboxylic acids is 1. The molecule has 0 N–H and O–H groups in total. The van der Waals surface area contributed by atoms with Gasteiger partial charge in [0.2, 0.25) is 0 Å². The molecule has 0 unspecified atom stereocenters. The van der Waals surface area contributed by atoms with Crippen LogP contribution in [0.25, 0.3) is 0 Å². The molecule has 0 radical (unpaired) electrons. The molecule has 1 heterocycles. The van der Waals surface area contributed by atoms with Gasteiger partial charge in [0, 0.05) is 18.6 Å². The third-order valence-corrected chi connectivity index (χ3v) is 2.96. The molecular weight excluding hydrogens is 246 g/mol. The number of rotatable bonds is 1. The molecule has 1 amide bonds. The van der Waals surface area contributed by atoms with Crippen molar-refractivity contribution in [2.45, 2.75) is 0 Å². The minimum absolute atomic E-state index is 0.363. The Morgan fingerprint density at radius 1 is 1.41 bits per heavy atom. The summed E-state index contributed by atoms with van der Waals surface area (Å²) in [7, 11) is 1.71. The molecule has 0 bridgehead atoms. The van der Waals surface area contributed by atoms with E-state index in [2.05, 4.69) is 4.99 Å². The number of aromatic nitrogens is 1. The van der Waals surface area contributed by atoms with Crippen LogP contribution in [0, 0.1) is 11.6 Å². The monoisotopic (exact) mass is 254 g/mol. The highest BCUT2D eigenvalue weighted by atomic mass is 32.1. The molecule has 0 aliphatic carbocycles. The summed E-state index contributed by atoms with van der Waals surface area (Å²) < 4.78 is 27.8. The number of aryl methyl sites for hydroxylation is 1. The lowest BCUT2D eigenvalue weighted by atomic mass is 10.2. The zero-order valence-electron chi connectivity index (χ0n) is 8.85. The first-order chi connectivity index (χ1) is 8.08. The van der Waals surface area contributed by atoms with Crippen molar-refractivity contribution in [3.8, 4) is 0 Å². The minimum Gasteiger partial charge on any atom is -0.327 e. The molecule has 0 atom stereocenters. The standard InChI is InChI=1S/C11H8F2N2OS/c1-15-4-5-17-11(15)14-10(16)8-6-7(12)2-3-9(8)13/h2-6H,1H3. The van der Waals surface area contributed by atoms with E-state index >= 15 is 0 Å². The van der Waals surface area contributed by atoms with E-state index in [1.165, 1.54) is 11.3 Å². The lowest BCUT2D eigenvalue weighted by molar-refractivity contribution is 0.0993. The Hall–Kier alpha value is -1.82. The van der Waals surface area contributed by atoms with E-state index in [1.54, 1.807) is 23.2 Å². The summed E-state index contributed by atoms with van der Waals surface area (Å²) in [5.74, 6) is -2.24. The van der Waals surface area contributed by atoms with Gasteiger partial charge in [-0.05, 0) is 18.2 Å². The van der Waals surface area contributed by atoms with Crippen LogP contribution < -0.4 is 4.80 Å². The van der Waals surface area contributed by atoms with E-state index < -0.39 is 17.5 Å². The number of benzene rings is 1. The second kappa shape index (κ2) is 4.58. The summed E-state index contributed by atoms with van der Waals surface area (Å²) in [6, 6.07) is 2.71. The average molecular weight is 254 g/mol. The Kier molecular flexibility index (Phi) is 3.14. The molecular formula is C11H8F2N2OS. The highest BCUT2D eigenvalue weighted by Crippen LogP contribution is 2.10. The molecule has 6 heteroatoms. The number of halogens is 2. The van der Waals surface area contributed by atoms with E-state index in [4.69, 9.17) is 0 Å². The Bertz CT molecular complexity index is 630. The fourth-order valence-corrected chi connectivity index (χ4v) is 1.97. The van der Waals surface area contributed by atoms with Gasteiger partial charge < -0.3 is 4.57 Å². The first kappa shape index (κ1) is 11.7. The number of carbonyl (C=O) groups is 1. The number of hydrogen-bond acceptors (Lipinski definition) is 2. The van der Waals surface area contributed by atoms with Gasteiger partial charge >= 0.3 is 0 Å². The summed E-state index contributed by atoms with van der Waals surface area (Å²) in [5.41, 5.74) is -0.363. The maximum Gasteiger partial charge on any atom is 0.282 e. The molecule has 0 saturated heterocycles. The second-order valence-corrected chi connectivity index (χ2v) is 4.21. The van der Waals surface area contributed by atoms with E-state index in [0.717, 1.165) is 18.2 Å². The molecule has 0 spiro atoms. The van der Waals surface area contributed by atoms with Crippen molar-refractivity contribution in [3.05, 3.63) is 51.8 Å². The van der Waals surface area contributed by atoms with Crippen LogP contribution in [-0.4, -0.2) is 10.5 Å². The largest absolute Gasteiger partial charge is 0.327 e. The molecule has 1 aromatic heterocycles. The van der Waals surface area contributed by atoms with Gasteiger partial charge in [-0.3, -0.25) is 4.79 Å². The smallest absolute Gasteiger partial charge is 0.282 e. The molecule has 1 aromatic carbocycles. The molecule has 2 aromatic rings. The van der Waals surface area contributed by atoms with Gasteiger partial charge in [0.1, 0.15) is 11.6 Å². The number of nitrogens with zero attached hydrogens (tertiary/aromatic N) is 2. The fraction of sp³-hybridized carbons (Fsp3) is 0.0909. The van der Waals surface area contributed by atoms with E-state index in [9.17, 15) is 13.6 Å². The maximum absolute atomic E-state index is 13.3. The Morgan fingerprint density at radius 3 is 2.82 bits per heavy atom. The van der Waals surface area contributed by atoms with Crippen molar-refractivity contribution in [2.24, 2.45) is 12.0 Å². The van der Waals surface area contributed by atoms with Crippen LogP contribution in [0.4, 0.5) is 8.78 Å². The molecule has 0 fully saturated rings. The number of amides is 1. The van der Waals surface area contributed by atoms with Gasteiger partial charge in [-0.2, -0.15) is 4.99 Å². The van der Waals surface area contributed by atoms with Crippen LogP contribution in [0.2, 0.25) is 0 Å². The normalized spacial score (nSPS) is 11.8.